The lowest BCUT2D eigenvalue weighted by atomic mass is 10.0. The fourth-order valence-corrected chi connectivity index (χ4v) is 5.14. The van der Waals surface area contributed by atoms with Crippen molar-refractivity contribution in [1.82, 2.24) is 9.62 Å². The van der Waals surface area contributed by atoms with Gasteiger partial charge in [0, 0.05) is 30.1 Å². The summed E-state index contributed by atoms with van der Waals surface area (Å²) < 4.78 is 39.5. The molecule has 1 N–H and O–H groups in total. The number of sulfonamides is 1. The molecular formula is C19H23BrN2O4S. The fourth-order valence-electron chi connectivity index (χ4n) is 3.10. The maximum atomic E-state index is 12.8. The van der Waals surface area contributed by atoms with Crippen LogP contribution in [0.2, 0.25) is 0 Å². The lowest BCUT2D eigenvalue weighted by Gasteiger charge is -2.35. The van der Waals surface area contributed by atoms with Gasteiger partial charge in [-0.2, -0.15) is 0 Å². The number of hydrogen-bond donors (Lipinski definition) is 1. The van der Waals surface area contributed by atoms with Crippen LogP contribution in [0, 0.1) is 0 Å². The van der Waals surface area contributed by atoms with E-state index in [1.165, 1.54) is 0 Å². The van der Waals surface area contributed by atoms with Crippen LogP contribution in [0.1, 0.15) is 11.6 Å². The summed E-state index contributed by atoms with van der Waals surface area (Å²) in [5, 5.41) is 0. The highest BCUT2D eigenvalue weighted by molar-refractivity contribution is 9.10. The molecule has 1 aliphatic rings. The SMILES string of the molecule is COc1ccc(C(CNS(=O)(=O)c2ccccc2Br)N2CCOCC2)cc1. The number of benzene rings is 2. The Labute approximate surface area is 168 Å². The van der Waals surface area contributed by atoms with Crippen LogP contribution in [0.3, 0.4) is 0 Å². The van der Waals surface area contributed by atoms with E-state index in [9.17, 15) is 8.42 Å². The number of halogens is 1. The topological polar surface area (TPSA) is 67.9 Å². The van der Waals surface area contributed by atoms with Crippen LogP contribution in [-0.2, 0) is 14.8 Å². The Morgan fingerprint density at radius 3 is 2.44 bits per heavy atom. The summed E-state index contributed by atoms with van der Waals surface area (Å²) in [6.07, 6.45) is 0. The van der Waals surface area contributed by atoms with Gasteiger partial charge in [-0.1, -0.05) is 24.3 Å². The van der Waals surface area contributed by atoms with E-state index in [4.69, 9.17) is 9.47 Å². The summed E-state index contributed by atoms with van der Waals surface area (Å²) in [5.74, 6) is 0.772. The molecule has 0 aromatic heterocycles. The van der Waals surface area contributed by atoms with Crippen LogP contribution in [0.5, 0.6) is 5.75 Å². The Morgan fingerprint density at radius 1 is 1.15 bits per heavy atom. The zero-order valence-corrected chi connectivity index (χ0v) is 17.5. The van der Waals surface area contributed by atoms with Gasteiger partial charge in [-0.15, -0.1) is 0 Å². The van der Waals surface area contributed by atoms with E-state index >= 15 is 0 Å². The molecule has 0 spiro atoms. The normalized spacial score (nSPS) is 16.8. The van der Waals surface area contributed by atoms with Crippen molar-refractivity contribution in [2.45, 2.75) is 10.9 Å². The third-order valence-electron chi connectivity index (χ3n) is 4.58. The monoisotopic (exact) mass is 454 g/mol. The molecule has 0 radical (unpaired) electrons. The van der Waals surface area contributed by atoms with E-state index in [-0.39, 0.29) is 17.5 Å². The molecule has 0 aliphatic carbocycles. The van der Waals surface area contributed by atoms with Gasteiger partial charge >= 0.3 is 0 Å². The van der Waals surface area contributed by atoms with Crippen molar-refractivity contribution in [2.24, 2.45) is 0 Å². The number of methoxy groups -OCH3 is 1. The highest BCUT2D eigenvalue weighted by Crippen LogP contribution is 2.25. The van der Waals surface area contributed by atoms with Crippen molar-refractivity contribution in [2.75, 3.05) is 40.0 Å². The van der Waals surface area contributed by atoms with Gasteiger partial charge in [-0.05, 0) is 45.8 Å². The largest absolute Gasteiger partial charge is 0.497 e. The Bertz CT molecular complexity index is 852. The fraction of sp³-hybridized carbons (Fsp3) is 0.368. The quantitative estimate of drug-likeness (QED) is 0.696. The first kappa shape index (κ1) is 20.3. The lowest BCUT2D eigenvalue weighted by molar-refractivity contribution is 0.0172. The zero-order chi connectivity index (χ0) is 19.3. The maximum Gasteiger partial charge on any atom is 0.241 e. The van der Waals surface area contributed by atoms with Gasteiger partial charge in [0.25, 0.3) is 0 Å². The first-order valence-corrected chi connectivity index (χ1v) is 11.0. The average molecular weight is 455 g/mol. The predicted octanol–water partition coefficient (Wildman–Crippen LogP) is 2.81. The molecule has 27 heavy (non-hydrogen) atoms. The van der Waals surface area contributed by atoms with Crippen LogP contribution in [0.4, 0.5) is 0 Å². The van der Waals surface area contributed by atoms with Crippen LogP contribution >= 0.6 is 15.9 Å². The molecule has 2 aromatic carbocycles. The third-order valence-corrected chi connectivity index (χ3v) is 7.02. The summed E-state index contributed by atoms with van der Waals surface area (Å²) in [5.41, 5.74) is 1.03. The number of nitrogens with one attached hydrogen (secondary N) is 1. The third kappa shape index (κ3) is 5.08. The Hall–Kier alpha value is -1.45. The van der Waals surface area contributed by atoms with Gasteiger partial charge in [-0.3, -0.25) is 4.90 Å². The minimum Gasteiger partial charge on any atom is -0.497 e. The second kappa shape index (κ2) is 9.16. The molecule has 6 nitrogen and oxygen atoms in total. The standard InChI is InChI=1S/C19H23BrN2O4S/c1-25-16-8-6-15(7-9-16)18(22-10-12-26-13-11-22)14-21-27(23,24)19-5-3-2-4-17(19)20/h2-9,18,21H,10-14H2,1H3. The molecule has 1 aliphatic heterocycles. The molecule has 3 rings (SSSR count). The van der Waals surface area contributed by atoms with Crippen LogP contribution < -0.4 is 9.46 Å². The molecule has 8 heteroatoms. The van der Waals surface area contributed by atoms with E-state index < -0.39 is 10.0 Å². The first-order valence-electron chi connectivity index (χ1n) is 8.71. The van der Waals surface area contributed by atoms with E-state index in [1.807, 2.05) is 24.3 Å². The Balaban J connectivity index is 1.81. The average Bonchev–Trinajstić information content (AvgIpc) is 2.69. The number of rotatable bonds is 7. The summed E-state index contributed by atoms with van der Waals surface area (Å²) in [6, 6.07) is 14.5. The minimum atomic E-state index is -3.62. The molecule has 0 bridgehead atoms. The maximum absolute atomic E-state index is 12.8. The summed E-state index contributed by atoms with van der Waals surface area (Å²) in [4.78, 5) is 2.48. The summed E-state index contributed by atoms with van der Waals surface area (Å²) in [6.45, 7) is 3.07. The van der Waals surface area contributed by atoms with Crippen molar-refractivity contribution < 1.29 is 17.9 Å². The molecule has 0 saturated carbocycles. The van der Waals surface area contributed by atoms with E-state index in [1.54, 1.807) is 31.4 Å². The van der Waals surface area contributed by atoms with Gasteiger partial charge < -0.3 is 9.47 Å². The van der Waals surface area contributed by atoms with Gasteiger partial charge in [0.05, 0.1) is 25.2 Å². The molecule has 1 atom stereocenters. The van der Waals surface area contributed by atoms with Crippen molar-refractivity contribution >= 4 is 26.0 Å². The zero-order valence-electron chi connectivity index (χ0n) is 15.1. The van der Waals surface area contributed by atoms with Gasteiger partial charge in [0.1, 0.15) is 5.75 Å². The summed E-state index contributed by atoms with van der Waals surface area (Å²) >= 11 is 3.32. The van der Waals surface area contributed by atoms with Gasteiger partial charge in [-0.25, -0.2) is 13.1 Å². The highest BCUT2D eigenvalue weighted by atomic mass is 79.9. The second-order valence-corrected chi connectivity index (χ2v) is 8.81. The van der Waals surface area contributed by atoms with Crippen molar-refractivity contribution in [3.05, 3.63) is 58.6 Å². The molecule has 2 aromatic rings. The Morgan fingerprint density at radius 2 is 1.81 bits per heavy atom. The smallest absolute Gasteiger partial charge is 0.241 e. The molecule has 0 amide bonds. The summed E-state index contributed by atoms with van der Waals surface area (Å²) in [7, 11) is -2.00. The van der Waals surface area contributed by atoms with Crippen molar-refractivity contribution in [3.8, 4) is 5.75 Å². The lowest BCUT2D eigenvalue weighted by Crippen LogP contribution is -2.43. The molecule has 1 saturated heterocycles. The van der Waals surface area contributed by atoms with Gasteiger partial charge in [0.2, 0.25) is 10.0 Å². The van der Waals surface area contributed by atoms with Crippen LogP contribution in [-0.4, -0.2) is 53.3 Å². The minimum absolute atomic E-state index is 0.0860. The molecular weight excluding hydrogens is 432 g/mol. The molecule has 146 valence electrons. The van der Waals surface area contributed by atoms with Crippen molar-refractivity contribution in [3.63, 3.8) is 0 Å². The molecule has 1 fully saturated rings. The number of nitrogens with zero attached hydrogens (tertiary/aromatic N) is 1. The van der Waals surface area contributed by atoms with Crippen LogP contribution in [0.15, 0.2) is 57.9 Å². The first-order chi connectivity index (χ1) is 13.0. The number of ether oxygens (including phenoxy) is 2. The molecule has 1 heterocycles. The predicted molar refractivity (Wildman–Crippen MR) is 107 cm³/mol. The van der Waals surface area contributed by atoms with E-state index in [0.29, 0.717) is 17.7 Å². The van der Waals surface area contributed by atoms with Gasteiger partial charge in [0.15, 0.2) is 0 Å². The molecule has 1 unspecified atom stereocenters. The van der Waals surface area contributed by atoms with Crippen LogP contribution in [0.25, 0.3) is 0 Å². The van der Waals surface area contributed by atoms with Crippen molar-refractivity contribution in [1.29, 1.82) is 0 Å². The number of hydrogen-bond acceptors (Lipinski definition) is 5. The van der Waals surface area contributed by atoms with E-state index in [0.717, 1.165) is 24.4 Å². The second-order valence-electron chi connectivity index (χ2n) is 6.22. The van der Waals surface area contributed by atoms with E-state index in [2.05, 4.69) is 25.6 Å². The number of morpholine rings is 1. The Kier molecular flexibility index (Phi) is 6.88. The highest BCUT2D eigenvalue weighted by Gasteiger charge is 2.25.